The van der Waals surface area contributed by atoms with Gasteiger partial charge in [0.2, 0.25) is 4.91 Å². The molecule has 1 heterocycles. The molecule has 3 aromatic rings. The third-order valence-electron chi connectivity index (χ3n) is 4.15. The lowest BCUT2D eigenvalue weighted by Gasteiger charge is -2.09. The normalized spacial score (nSPS) is 12.1. The molecule has 0 bridgehead atoms. The van der Waals surface area contributed by atoms with Crippen molar-refractivity contribution in [2.75, 3.05) is 0 Å². The van der Waals surface area contributed by atoms with Gasteiger partial charge in [-0.25, -0.2) is 9.67 Å². The number of hydrogen-bond acceptors (Lipinski definition) is 5. The van der Waals surface area contributed by atoms with Gasteiger partial charge in [0.05, 0.1) is 5.69 Å². The first-order valence-electron chi connectivity index (χ1n) is 8.73. The smallest absolute Gasteiger partial charge is 0.406 e. The average Bonchev–Trinajstić information content (AvgIpc) is 3.18. The van der Waals surface area contributed by atoms with Crippen molar-refractivity contribution in [2.45, 2.75) is 19.7 Å². The molecule has 1 atom stereocenters. The van der Waals surface area contributed by atoms with Gasteiger partial charge in [0.25, 0.3) is 0 Å². The number of rotatable bonds is 6. The van der Waals surface area contributed by atoms with Gasteiger partial charge in [-0.05, 0) is 36.2 Å². The minimum Gasteiger partial charge on any atom is -0.406 e. The maximum atomic E-state index is 12.2. The van der Waals surface area contributed by atoms with E-state index < -0.39 is 18.2 Å². The van der Waals surface area contributed by atoms with Crippen molar-refractivity contribution in [3.8, 4) is 22.8 Å². The summed E-state index contributed by atoms with van der Waals surface area (Å²) < 4.78 is 42.0. The van der Waals surface area contributed by atoms with Gasteiger partial charge in [-0.15, -0.1) is 18.3 Å². The molecular formula is C19H16F3N6O2+. The number of alkyl halides is 3. The van der Waals surface area contributed by atoms with Crippen LogP contribution in [0.25, 0.3) is 17.1 Å². The summed E-state index contributed by atoms with van der Waals surface area (Å²) in [7, 11) is 0. The zero-order chi connectivity index (χ0) is 21.7. The molecule has 0 saturated carbocycles. The molecule has 2 aromatic carbocycles. The highest BCUT2D eigenvalue weighted by atomic mass is 19.4. The van der Waals surface area contributed by atoms with Crippen molar-refractivity contribution in [1.29, 1.82) is 5.53 Å². The predicted octanol–water partition coefficient (Wildman–Crippen LogP) is 4.09. The molecule has 30 heavy (non-hydrogen) atoms. The fourth-order valence-electron chi connectivity index (χ4n) is 2.70. The fraction of sp³-hybridized carbons (Fsp3) is 0.211. The Morgan fingerprint density at radius 3 is 2.47 bits per heavy atom. The van der Waals surface area contributed by atoms with E-state index in [1.54, 1.807) is 19.1 Å². The molecule has 0 aliphatic rings. The highest BCUT2D eigenvalue weighted by Gasteiger charge is 2.31. The fourth-order valence-corrected chi connectivity index (χ4v) is 2.70. The molecule has 0 spiro atoms. The second-order valence-electron chi connectivity index (χ2n) is 6.39. The van der Waals surface area contributed by atoms with Crippen molar-refractivity contribution >= 4 is 5.91 Å². The second kappa shape index (κ2) is 8.66. The van der Waals surface area contributed by atoms with Crippen LogP contribution in [0.1, 0.15) is 12.5 Å². The maximum Gasteiger partial charge on any atom is 0.573 e. The first kappa shape index (κ1) is 20.9. The van der Waals surface area contributed by atoms with E-state index in [1.165, 1.54) is 35.3 Å². The Morgan fingerprint density at radius 2 is 1.87 bits per heavy atom. The van der Waals surface area contributed by atoms with Crippen LogP contribution in [0.15, 0.2) is 60.0 Å². The van der Waals surface area contributed by atoms with Crippen LogP contribution in [0.4, 0.5) is 13.2 Å². The standard InChI is InChI=1S/C19H16F3N6O2/c1-12(18(29)25-27-23)10-13-2-4-14(5-3-13)17-24-11-28(26-17)15-6-8-16(9-7-15)30-19(20,21)22/h2-9,11-12,23H,10H2,1H3/q+1. The van der Waals surface area contributed by atoms with Gasteiger partial charge in [0.15, 0.2) is 10.9 Å². The minimum absolute atomic E-state index is 0.320. The number of hydrogen-bond donors (Lipinski definition) is 1. The van der Waals surface area contributed by atoms with E-state index in [0.29, 0.717) is 17.9 Å². The summed E-state index contributed by atoms with van der Waals surface area (Å²) in [6.45, 7) is 1.71. The number of nitrogens with one attached hydrogen (secondary N) is 1. The topological polar surface area (TPSA) is 107 Å². The Morgan fingerprint density at radius 1 is 1.20 bits per heavy atom. The molecular weight excluding hydrogens is 401 g/mol. The van der Waals surface area contributed by atoms with Gasteiger partial charge in [-0.3, -0.25) is 4.79 Å². The van der Waals surface area contributed by atoms with Gasteiger partial charge in [-0.2, -0.15) is 0 Å². The Bertz CT molecular complexity index is 1070. The van der Waals surface area contributed by atoms with Crippen LogP contribution in [0.3, 0.4) is 0 Å². The second-order valence-corrected chi connectivity index (χ2v) is 6.39. The number of nitrogens with zero attached hydrogens (tertiary/aromatic N) is 5. The van der Waals surface area contributed by atoms with E-state index in [4.69, 9.17) is 5.53 Å². The van der Waals surface area contributed by atoms with Crippen molar-refractivity contribution in [3.05, 3.63) is 60.4 Å². The van der Waals surface area contributed by atoms with Gasteiger partial charge >= 0.3 is 12.3 Å². The molecule has 11 heteroatoms. The van der Waals surface area contributed by atoms with Crippen LogP contribution in [-0.2, 0) is 11.2 Å². The van der Waals surface area contributed by atoms with Crippen molar-refractivity contribution in [2.24, 2.45) is 11.0 Å². The third kappa shape index (κ3) is 5.36. The monoisotopic (exact) mass is 417 g/mol. The number of carbonyl (C=O) groups is 1. The van der Waals surface area contributed by atoms with E-state index in [9.17, 15) is 18.0 Å². The maximum absolute atomic E-state index is 12.2. The summed E-state index contributed by atoms with van der Waals surface area (Å²) in [6.07, 6.45) is -2.84. The summed E-state index contributed by atoms with van der Waals surface area (Å²) >= 11 is 0. The summed E-state index contributed by atoms with van der Waals surface area (Å²) in [5.74, 6) is -0.740. The molecule has 0 radical (unpaired) electrons. The Balaban J connectivity index is 1.70. The molecule has 1 N–H and O–H groups in total. The highest BCUT2D eigenvalue weighted by molar-refractivity contribution is 5.78. The number of amides is 1. The summed E-state index contributed by atoms with van der Waals surface area (Å²) in [4.78, 5) is 18.6. The van der Waals surface area contributed by atoms with Crippen LogP contribution in [-0.4, -0.2) is 27.0 Å². The summed E-state index contributed by atoms with van der Waals surface area (Å²) in [5, 5.41) is 7.55. The lowest BCUT2D eigenvalue weighted by atomic mass is 9.99. The molecule has 8 nitrogen and oxygen atoms in total. The quantitative estimate of drug-likeness (QED) is 0.481. The zero-order valence-electron chi connectivity index (χ0n) is 15.7. The first-order chi connectivity index (χ1) is 14.2. The molecule has 1 amide bonds. The third-order valence-corrected chi connectivity index (χ3v) is 4.15. The van der Waals surface area contributed by atoms with E-state index in [-0.39, 0.29) is 5.75 Å². The molecule has 1 aromatic heterocycles. The lowest BCUT2D eigenvalue weighted by molar-refractivity contribution is -0.274. The molecule has 0 aliphatic heterocycles. The van der Waals surface area contributed by atoms with E-state index >= 15 is 0 Å². The highest BCUT2D eigenvalue weighted by Crippen LogP contribution is 2.24. The molecule has 3 rings (SSSR count). The largest absolute Gasteiger partial charge is 0.573 e. The van der Waals surface area contributed by atoms with Crippen LogP contribution >= 0.6 is 0 Å². The average molecular weight is 417 g/mol. The van der Waals surface area contributed by atoms with Crippen LogP contribution in [0, 0.1) is 11.4 Å². The number of ether oxygens (including phenoxy) is 1. The first-order valence-corrected chi connectivity index (χ1v) is 8.73. The lowest BCUT2D eigenvalue weighted by Crippen LogP contribution is -2.17. The Hall–Kier alpha value is -3.85. The molecule has 0 aliphatic carbocycles. The summed E-state index contributed by atoms with van der Waals surface area (Å²) in [6, 6.07) is 12.5. The van der Waals surface area contributed by atoms with Gasteiger partial charge in [-0.1, -0.05) is 31.2 Å². The molecule has 0 fully saturated rings. The van der Waals surface area contributed by atoms with Crippen LogP contribution in [0.5, 0.6) is 5.75 Å². The number of halogens is 3. The number of aromatic nitrogens is 3. The van der Waals surface area contributed by atoms with Crippen LogP contribution < -0.4 is 9.65 Å². The predicted molar refractivity (Wildman–Crippen MR) is 98.6 cm³/mol. The Kier molecular flexibility index (Phi) is 6.03. The number of carbonyl (C=O) groups excluding carboxylic acids is 1. The van der Waals surface area contributed by atoms with E-state index in [0.717, 1.165) is 11.1 Å². The van der Waals surface area contributed by atoms with Crippen molar-refractivity contribution in [3.63, 3.8) is 0 Å². The minimum atomic E-state index is -4.75. The SMILES string of the molecule is CC(Cc1ccc(-c2ncn(-c3ccc(OC(F)(F)F)cc3)n2)cc1)C(=O)N=[N+]=N. The van der Waals surface area contributed by atoms with Crippen molar-refractivity contribution in [1.82, 2.24) is 19.7 Å². The molecule has 1 unspecified atom stereocenters. The van der Waals surface area contributed by atoms with E-state index in [1.807, 2.05) is 12.1 Å². The number of benzene rings is 2. The zero-order valence-corrected chi connectivity index (χ0v) is 15.7. The molecule has 154 valence electrons. The van der Waals surface area contributed by atoms with Crippen LogP contribution in [0.2, 0.25) is 0 Å². The van der Waals surface area contributed by atoms with Crippen molar-refractivity contribution < 1.29 is 22.7 Å². The van der Waals surface area contributed by atoms with Gasteiger partial charge < -0.3 is 4.74 Å². The summed E-state index contributed by atoms with van der Waals surface area (Å²) in [5.41, 5.74) is 8.77. The van der Waals surface area contributed by atoms with E-state index in [2.05, 4.69) is 24.8 Å². The van der Waals surface area contributed by atoms with Gasteiger partial charge in [0, 0.05) is 11.5 Å². The Labute approximate surface area is 168 Å². The van der Waals surface area contributed by atoms with Gasteiger partial charge in [0.1, 0.15) is 17.6 Å². The molecule has 0 saturated heterocycles.